The Kier molecular flexibility index (Phi) is 5.54. The highest BCUT2D eigenvalue weighted by Crippen LogP contribution is 2.33. The Morgan fingerprint density at radius 2 is 1.23 bits per heavy atom. The summed E-state index contributed by atoms with van der Waals surface area (Å²) in [5, 5.41) is 3.47. The van der Waals surface area contributed by atoms with E-state index in [-0.39, 0.29) is 12.2 Å². The molecule has 4 aromatic carbocycles. The smallest absolute Gasteiger partial charge is 0.263 e. The van der Waals surface area contributed by atoms with Gasteiger partial charge in [-0.05, 0) is 27.1 Å². The van der Waals surface area contributed by atoms with Crippen LogP contribution in [0.15, 0.2) is 84.9 Å². The van der Waals surface area contributed by atoms with Crippen LogP contribution in [-0.4, -0.2) is 23.1 Å². The van der Waals surface area contributed by atoms with Crippen molar-refractivity contribution in [2.24, 2.45) is 0 Å². The molecule has 0 N–H and O–H groups in total. The number of hydrogen-bond donors (Lipinski definition) is 0. The molecule has 0 aliphatic heterocycles. The summed E-state index contributed by atoms with van der Waals surface area (Å²) in [5.41, 5.74) is 1.15. The molecule has 0 aliphatic carbocycles. The van der Waals surface area contributed by atoms with Crippen LogP contribution in [0.2, 0.25) is 0 Å². The fourth-order valence-corrected chi connectivity index (χ4v) is 4.00. The maximum atomic E-state index is 13.8. The van der Waals surface area contributed by atoms with Gasteiger partial charge in [0.25, 0.3) is 5.78 Å². The number of carbonyl (C=O) groups is 4. The van der Waals surface area contributed by atoms with Gasteiger partial charge in [-0.1, -0.05) is 84.9 Å². The van der Waals surface area contributed by atoms with Gasteiger partial charge < -0.3 is 0 Å². The number of hydrogen-bond acceptors (Lipinski definition) is 4. The van der Waals surface area contributed by atoms with Crippen LogP contribution in [0.5, 0.6) is 0 Å². The normalized spacial score (nSPS) is 11.9. The van der Waals surface area contributed by atoms with Crippen LogP contribution in [0.4, 0.5) is 0 Å². The van der Waals surface area contributed by atoms with E-state index in [1.165, 1.54) is 0 Å². The van der Waals surface area contributed by atoms with Crippen LogP contribution in [0, 0.1) is 0 Å². The lowest BCUT2D eigenvalue weighted by molar-refractivity contribution is -0.143. The molecule has 152 valence electrons. The highest BCUT2D eigenvalue weighted by atomic mass is 16.2. The third-order valence-corrected chi connectivity index (χ3v) is 5.53. The van der Waals surface area contributed by atoms with Gasteiger partial charge in [0.2, 0.25) is 11.6 Å². The molecule has 0 heterocycles. The van der Waals surface area contributed by atoms with Crippen LogP contribution in [0.1, 0.15) is 35.2 Å². The first kappa shape index (κ1) is 20.4. The molecule has 4 nitrogen and oxygen atoms in total. The molecule has 1 atom stereocenters. The number of fused-ring (bicyclic) bond motifs is 2. The van der Waals surface area contributed by atoms with Crippen LogP contribution in [-0.2, 0) is 14.4 Å². The van der Waals surface area contributed by atoms with E-state index < -0.39 is 23.3 Å². The monoisotopic (exact) mass is 408 g/mol. The summed E-state index contributed by atoms with van der Waals surface area (Å²) in [7, 11) is 0. The van der Waals surface area contributed by atoms with Gasteiger partial charge in [0.1, 0.15) is 0 Å². The predicted octanol–water partition coefficient (Wildman–Crippen LogP) is 5.08. The molecule has 0 radical (unpaired) electrons. The van der Waals surface area contributed by atoms with E-state index in [0.717, 1.165) is 28.5 Å². The minimum atomic E-state index is -1.07. The molecule has 0 fully saturated rings. The van der Waals surface area contributed by atoms with Gasteiger partial charge in [-0.25, -0.2) is 0 Å². The summed E-state index contributed by atoms with van der Waals surface area (Å²) in [4.78, 5) is 49.9. The van der Waals surface area contributed by atoms with Gasteiger partial charge in [0, 0.05) is 18.9 Å². The molecule has 0 saturated heterocycles. The van der Waals surface area contributed by atoms with Gasteiger partial charge in [0.05, 0.1) is 5.92 Å². The zero-order valence-corrected chi connectivity index (χ0v) is 17.0. The average molecular weight is 408 g/mol. The first-order valence-electron chi connectivity index (χ1n) is 10.0. The quantitative estimate of drug-likeness (QED) is 0.243. The molecule has 4 aromatic rings. The number of ketones is 4. The lowest BCUT2D eigenvalue weighted by atomic mass is 9.82. The Morgan fingerprint density at radius 3 is 1.90 bits per heavy atom. The van der Waals surface area contributed by atoms with E-state index in [0.29, 0.717) is 11.1 Å². The molecule has 1 unspecified atom stereocenters. The number of rotatable bonds is 7. The third kappa shape index (κ3) is 3.92. The van der Waals surface area contributed by atoms with E-state index in [9.17, 15) is 19.2 Å². The van der Waals surface area contributed by atoms with E-state index >= 15 is 0 Å². The standard InChI is InChI=1S/C27H20O4/c1-17(28)26(30)25(29)16-24(22-14-6-10-18-8-2-4-12-20(18)22)27(31)23-15-7-11-19-9-3-5-13-21(19)23/h2-15,24H,16H2,1H3. The second-order valence-electron chi connectivity index (χ2n) is 7.52. The van der Waals surface area contributed by atoms with Crippen molar-refractivity contribution in [3.8, 4) is 0 Å². The third-order valence-electron chi connectivity index (χ3n) is 5.53. The fraction of sp³-hybridized carbons (Fsp3) is 0.111. The Bertz CT molecular complexity index is 1340. The van der Waals surface area contributed by atoms with Crippen molar-refractivity contribution in [1.82, 2.24) is 0 Å². The molecule has 31 heavy (non-hydrogen) atoms. The first-order valence-corrected chi connectivity index (χ1v) is 10.0. The van der Waals surface area contributed by atoms with Gasteiger partial charge in [-0.15, -0.1) is 0 Å². The Morgan fingerprint density at radius 1 is 0.677 bits per heavy atom. The van der Waals surface area contributed by atoms with Crippen molar-refractivity contribution >= 4 is 44.7 Å². The number of carbonyl (C=O) groups excluding carboxylic acids is 4. The van der Waals surface area contributed by atoms with Crippen molar-refractivity contribution in [2.75, 3.05) is 0 Å². The topological polar surface area (TPSA) is 68.3 Å². The molecule has 0 spiro atoms. The van der Waals surface area contributed by atoms with Crippen LogP contribution in [0.25, 0.3) is 21.5 Å². The summed E-state index contributed by atoms with van der Waals surface area (Å²) < 4.78 is 0. The molecule has 0 aromatic heterocycles. The Hall–Kier alpha value is -3.92. The zero-order chi connectivity index (χ0) is 22.0. The van der Waals surface area contributed by atoms with Gasteiger partial charge >= 0.3 is 0 Å². The van der Waals surface area contributed by atoms with Gasteiger partial charge in [-0.2, -0.15) is 0 Å². The summed E-state index contributed by atoms with van der Waals surface area (Å²) in [5.74, 6) is -3.88. The molecule has 4 heteroatoms. The first-order chi connectivity index (χ1) is 15.0. The molecule has 0 amide bonds. The van der Waals surface area contributed by atoms with Gasteiger partial charge in [-0.3, -0.25) is 19.2 Å². The highest BCUT2D eigenvalue weighted by Gasteiger charge is 2.30. The largest absolute Gasteiger partial charge is 0.293 e. The van der Waals surface area contributed by atoms with Crippen molar-refractivity contribution in [1.29, 1.82) is 0 Å². The number of benzene rings is 4. The van der Waals surface area contributed by atoms with E-state index in [4.69, 9.17) is 0 Å². The van der Waals surface area contributed by atoms with Crippen LogP contribution in [0.3, 0.4) is 0 Å². The molecule has 0 bridgehead atoms. The van der Waals surface area contributed by atoms with Crippen LogP contribution < -0.4 is 0 Å². The SMILES string of the molecule is CC(=O)C(=O)C(=O)CC(C(=O)c1cccc2ccccc12)c1cccc2ccccc12. The molecule has 0 saturated carbocycles. The Labute approximate surface area is 179 Å². The van der Waals surface area contributed by atoms with Crippen molar-refractivity contribution in [3.63, 3.8) is 0 Å². The van der Waals surface area contributed by atoms with Crippen LogP contribution >= 0.6 is 0 Å². The van der Waals surface area contributed by atoms with E-state index in [1.807, 2.05) is 72.8 Å². The summed E-state index contributed by atoms with van der Waals surface area (Å²) in [6.07, 6.45) is -0.353. The van der Waals surface area contributed by atoms with E-state index in [1.54, 1.807) is 12.1 Å². The lowest BCUT2D eigenvalue weighted by Crippen LogP contribution is -2.26. The van der Waals surface area contributed by atoms with Crippen molar-refractivity contribution in [2.45, 2.75) is 19.3 Å². The van der Waals surface area contributed by atoms with Crippen molar-refractivity contribution < 1.29 is 19.2 Å². The predicted molar refractivity (Wildman–Crippen MR) is 120 cm³/mol. The summed E-state index contributed by atoms with van der Waals surface area (Å²) in [6, 6.07) is 26.2. The highest BCUT2D eigenvalue weighted by molar-refractivity contribution is 6.63. The summed E-state index contributed by atoms with van der Waals surface area (Å²) >= 11 is 0. The van der Waals surface area contributed by atoms with E-state index in [2.05, 4.69) is 0 Å². The maximum Gasteiger partial charge on any atom is 0.263 e. The van der Waals surface area contributed by atoms with Crippen molar-refractivity contribution in [3.05, 3.63) is 96.1 Å². The molecule has 0 aliphatic rings. The number of Topliss-reactive ketones (excluding diaryl/α,β-unsaturated/α-hetero) is 4. The minimum Gasteiger partial charge on any atom is -0.293 e. The minimum absolute atomic E-state index is 0.252. The second-order valence-corrected chi connectivity index (χ2v) is 7.52. The maximum absolute atomic E-state index is 13.8. The Balaban J connectivity index is 1.87. The molecular weight excluding hydrogens is 388 g/mol. The molecular formula is C27H20O4. The lowest BCUT2D eigenvalue weighted by Gasteiger charge is -2.19. The average Bonchev–Trinajstić information content (AvgIpc) is 2.80. The molecule has 4 rings (SSSR count). The summed E-state index contributed by atoms with van der Waals surface area (Å²) in [6.45, 7) is 1.07. The zero-order valence-electron chi connectivity index (χ0n) is 17.0. The fourth-order valence-electron chi connectivity index (χ4n) is 4.00. The second kappa shape index (κ2) is 8.44. The van der Waals surface area contributed by atoms with Gasteiger partial charge in [0.15, 0.2) is 5.78 Å².